The van der Waals surface area contributed by atoms with Gasteiger partial charge in [0.25, 0.3) is 0 Å². The molecule has 0 atom stereocenters. The summed E-state index contributed by atoms with van der Waals surface area (Å²) in [6, 6.07) is 22.2. The van der Waals surface area contributed by atoms with E-state index in [2.05, 4.69) is 27.1 Å². The fourth-order valence-corrected chi connectivity index (χ4v) is 14.6. The maximum Gasteiger partial charge on any atom is 0.224 e. The van der Waals surface area contributed by atoms with E-state index in [0.29, 0.717) is 24.8 Å². The highest BCUT2D eigenvalue weighted by molar-refractivity contribution is 7.91. The fourth-order valence-electron chi connectivity index (χ4n) is 7.90. The minimum Gasteiger partial charge on any atom is -0.358 e. The second kappa shape index (κ2) is 42.0. The molecule has 526 valence electrons. The monoisotopic (exact) mass is 1450 g/mol. The third-order valence-electron chi connectivity index (χ3n) is 11.5. The van der Waals surface area contributed by atoms with E-state index in [0.717, 1.165) is 83.6 Å². The molecule has 2 fully saturated rings. The Morgan fingerprint density at radius 1 is 0.556 bits per heavy atom. The number of para-hydroxylation sites is 1. The number of nitrogens with one attached hydrogen (secondary N) is 1. The van der Waals surface area contributed by atoms with E-state index < -0.39 is 89.3 Å². The second-order valence-corrected chi connectivity index (χ2v) is 40.7. The van der Waals surface area contributed by atoms with Crippen LogP contribution in [0, 0.1) is 5.92 Å². The molecule has 4 aromatic rings. The summed E-state index contributed by atoms with van der Waals surface area (Å²) < 4.78 is 196. The summed E-state index contributed by atoms with van der Waals surface area (Å²) in [6.07, 6.45) is 18.7. The van der Waals surface area contributed by atoms with E-state index in [1.165, 1.54) is 79.4 Å². The average Bonchev–Trinajstić information content (AvgIpc) is 2.04. The van der Waals surface area contributed by atoms with E-state index in [1.54, 1.807) is 55.8 Å². The third kappa shape index (κ3) is 54.9. The van der Waals surface area contributed by atoms with Crippen LogP contribution in [-0.4, -0.2) is 262 Å². The molecule has 0 bridgehead atoms. The smallest absolute Gasteiger partial charge is 0.224 e. The van der Waals surface area contributed by atoms with Crippen LogP contribution in [0.25, 0.3) is 10.9 Å². The zero-order valence-electron chi connectivity index (χ0n) is 55.6. The second-order valence-electron chi connectivity index (χ2n) is 22.4. The summed E-state index contributed by atoms with van der Waals surface area (Å²) in [7, 11) is -17.9. The van der Waals surface area contributed by atoms with E-state index in [4.69, 9.17) is 0 Å². The van der Waals surface area contributed by atoms with Crippen LogP contribution in [0.4, 0.5) is 0 Å². The number of pyridine rings is 1. The van der Waals surface area contributed by atoms with E-state index in [9.17, 15) is 75.8 Å². The van der Waals surface area contributed by atoms with Crippen LogP contribution in [0.15, 0.2) is 85.2 Å². The molecule has 0 unspecified atom stereocenters. The molecule has 1 aliphatic carbocycles. The van der Waals surface area contributed by atoms with Crippen molar-refractivity contribution in [2.45, 2.75) is 76.7 Å². The SMILES string of the molecule is CC(C)N(N(C)C)S(C)(=O)=O.CCN(CC)S(C)(=O)=O.CN(C)S(C)(=O)=O.CN1CCN(CS(C)(=O)=O)CC1.CS(=O)(=O)CC1CCCC1.CS(=O)(=O)Cc1cc2ccccc2[nH]1.CS(=O)(=O)Cc1ccccc1.CS(=O)(=O)Cc1cccnc1.CS(N)(=O)=O. The number of fused-ring (bicyclic) bond motifs is 1. The summed E-state index contributed by atoms with van der Waals surface area (Å²) in [5.41, 5.74) is 3.30. The molecule has 90 heavy (non-hydrogen) atoms. The lowest BCUT2D eigenvalue weighted by Gasteiger charge is -2.31. The molecule has 2 aromatic heterocycles. The van der Waals surface area contributed by atoms with Crippen molar-refractivity contribution >= 4 is 100 Å². The van der Waals surface area contributed by atoms with Gasteiger partial charge in [0.2, 0.25) is 40.1 Å². The first kappa shape index (κ1) is 90.6. The van der Waals surface area contributed by atoms with Crippen molar-refractivity contribution in [3.05, 3.63) is 102 Å². The van der Waals surface area contributed by atoms with Crippen molar-refractivity contribution in [3.8, 4) is 0 Å². The normalized spacial score (nSPS) is 14.6. The van der Waals surface area contributed by atoms with Gasteiger partial charge in [-0.25, -0.2) is 94.5 Å². The molecule has 0 amide bonds. The van der Waals surface area contributed by atoms with Gasteiger partial charge in [0.15, 0.2) is 39.3 Å². The molecule has 3 heterocycles. The van der Waals surface area contributed by atoms with Gasteiger partial charge in [-0.15, -0.1) is 4.41 Å². The Kier molecular flexibility index (Phi) is 42.2. The summed E-state index contributed by atoms with van der Waals surface area (Å²) in [4.78, 5) is 11.1. The number of nitrogens with zero attached hydrogens (tertiary/aromatic N) is 7. The summed E-state index contributed by atoms with van der Waals surface area (Å²) in [5.74, 6) is 1.36. The number of hydrazine groups is 1. The van der Waals surface area contributed by atoms with E-state index >= 15 is 0 Å². The molecule has 1 saturated carbocycles. The van der Waals surface area contributed by atoms with Crippen molar-refractivity contribution in [3.63, 3.8) is 0 Å². The van der Waals surface area contributed by atoms with Gasteiger partial charge in [0.05, 0.1) is 48.0 Å². The molecule has 1 aliphatic heterocycles. The van der Waals surface area contributed by atoms with Crippen LogP contribution in [0.2, 0.25) is 0 Å². The van der Waals surface area contributed by atoms with Gasteiger partial charge in [-0.2, -0.15) is 0 Å². The van der Waals surface area contributed by atoms with Crippen molar-refractivity contribution in [1.82, 2.24) is 37.8 Å². The minimum absolute atomic E-state index is 0.0278. The predicted octanol–water partition coefficient (Wildman–Crippen LogP) is 2.86. The van der Waals surface area contributed by atoms with Crippen LogP contribution >= 0.6 is 0 Å². The lowest BCUT2D eigenvalue weighted by atomic mass is 10.1. The van der Waals surface area contributed by atoms with Gasteiger partial charge in [-0.3, -0.25) is 9.88 Å². The number of aromatic amines is 1. The molecular weight excluding hydrogens is 1350 g/mol. The van der Waals surface area contributed by atoms with Crippen molar-refractivity contribution in [1.29, 1.82) is 0 Å². The highest BCUT2D eigenvalue weighted by atomic mass is 32.2. The van der Waals surface area contributed by atoms with Gasteiger partial charge in [-0.1, -0.05) is 81.3 Å². The van der Waals surface area contributed by atoms with Crippen molar-refractivity contribution < 1.29 is 75.8 Å². The molecule has 3 N–H and O–H groups in total. The molecule has 2 aromatic carbocycles. The number of sulfone groups is 5. The number of hydrogen-bond acceptors (Lipinski definition) is 22. The molecule has 0 radical (unpaired) electrons. The van der Waals surface area contributed by atoms with Crippen molar-refractivity contribution in [2.24, 2.45) is 11.1 Å². The lowest BCUT2D eigenvalue weighted by Crippen LogP contribution is -2.46. The molecule has 6 rings (SSSR count). The number of piperazine rings is 1. The average molecular weight is 1460 g/mol. The quantitative estimate of drug-likeness (QED) is 0.144. The number of benzene rings is 2. The number of rotatable bonds is 17. The molecular formula is C54H103N9O18S9. The Bertz CT molecular complexity index is 3610. The van der Waals surface area contributed by atoms with Crippen LogP contribution in [0.1, 0.15) is 70.2 Å². The first-order chi connectivity index (χ1) is 40.5. The Morgan fingerprint density at radius 3 is 1.29 bits per heavy atom. The number of hydrogen-bond donors (Lipinski definition) is 2. The van der Waals surface area contributed by atoms with Crippen LogP contribution in [-0.2, 0) is 107 Å². The summed E-state index contributed by atoms with van der Waals surface area (Å²) in [5, 5.41) is 6.94. The van der Waals surface area contributed by atoms with Gasteiger partial charge in [0, 0.05) is 128 Å². The molecule has 0 spiro atoms. The number of nitrogens with two attached hydrogens (primary N) is 1. The number of H-pyrrole nitrogens is 1. The number of likely N-dealkylation sites (N-methyl/N-ethyl adjacent to an activating group) is 1. The maximum atomic E-state index is 11.1. The van der Waals surface area contributed by atoms with Crippen LogP contribution in [0.5, 0.6) is 0 Å². The highest BCUT2D eigenvalue weighted by Gasteiger charge is 2.22. The first-order valence-electron chi connectivity index (χ1n) is 27.7. The molecule has 1 saturated heterocycles. The molecule has 27 nitrogen and oxygen atoms in total. The van der Waals surface area contributed by atoms with Crippen LogP contribution in [0.3, 0.4) is 0 Å². The Balaban J connectivity index is -0.000000956. The minimum atomic E-state index is -3.17. The van der Waals surface area contributed by atoms with Gasteiger partial charge in [-0.05, 0) is 74.4 Å². The largest absolute Gasteiger partial charge is 0.358 e. The molecule has 36 heteroatoms. The number of aromatic nitrogens is 2. The number of sulfonamides is 4. The maximum absolute atomic E-state index is 11.1. The zero-order valence-corrected chi connectivity index (χ0v) is 62.9. The van der Waals surface area contributed by atoms with Gasteiger partial charge >= 0.3 is 0 Å². The first-order valence-corrected chi connectivity index (χ1v) is 45.5. The molecule has 2 aliphatic rings. The number of primary sulfonamides is 1. The Morgan fingerprint density at radius 2 is 0.978 bits per heavy atom. The van der Waals surface area contributed by atoms with Gasteiger partial charge in [0.1, 0.15) is 15.7 Å². The van der Waals surface area contributed by atoms with Crippen LogP contribution < -0.4 is 5.14 Å². The van der Waals surface area contributed by atoms with E-state index in [1.807, 2.05) is 81.1 Å². The zero-order chi connectivity index (χ0) is 70.9. The lowest BCUT2D eigenvalue weighted by molar-refractivity contribution is 0.0954. The Labute approximate surface area is 542 Å². The predicted molar refractivity (Wildman–Crippen MR) is 366 cm³/mol. The van der Waals surface area contributed by atoms with Gasteiger partial charge < -0.3 is 9.88 Å². The standard InChI is InChI=1S/C10H11NO2S.C8H10O2S.C7H16N2O2S.C7H9NO2S.C7H14O2S.C6H16N2O2S.C5H13NO2S.C3H9NO2S.CH5NO2S/c1-14(12,13)7-9-6-8-4-2-3-5-10(8)11-9;1-11(9,10)7-8-5-3-2-4-6-8;1-8-3-5-9(6-4-8)7-12(2,10)11;1-11(9,10)6-7-3-2-4-8-5-7;1-10(8,9)6-7-4-2-3-5-7;1-6(2)8(7(3)4)11(5,9)10;1-4-6(5-2)9(3,7)8;1-4(2)7(3,5)6;1-5(2,3)4/h2-6,11H,7H2,1H3;2-6H,7H2,1H3;3-7H2,1-2H3;2-5H,6H2,1H3;7H,2-6H2,1H3;6H,1-5H3;4-5H2,1-3H3;1-3H3;1H3,(H2,2,3,4). The Hall–Kier alpha value is -3.60. The van der Waals surface area contributed by atoms with E-state index in [-0.39, 0.29) is 29.2 Å². The summed E-state index contributed by atoms with van der Waals surface area (Å²) in [6.45, 7) is 12.1. The topological polar surface area (TPSA) is 381 Å². The third-order valence-corrected chi connectivity index (χ3v) is 20.1. The highest BCUT2D eigenvalue weighted by Crippen LogP contribution is 2.25. The van der Waals surface area contributed by atoms with Crippen molar-refractivity contribution in [2.75, 3.05) is 142 Å². The fraction of sp³-hybridized carbons (Fsp3) is 0.648. The summed E-state index contributed by atoms with van der Waals surface area (Å²) >= 11 is 0.